The Morgan fingerprint density at radius 1 is 1.14 bits per heavy atom. The van der Waals surface area contributed by atoms with Gasteiger partial charge in [0.05, 0.1) is 12.8 Å². The fourth-order valence-electron chi connectivity index (χ4n) is 0.818. The molecule has 0 amide bonds. The lowest BCUT2D eigenvalue weighted by Crippen LogP contribution is -1.91. The average Bonchev–Trinajstić information content (AvgIpc) is 2.13. The number of nitrogens with two attached hydrogens (primary N) is 1. The molecule has 6 N–H and O–H groups in total. The van der Waals surface area contributed by atoms with E-state index in [0.717, 1.165) is 11.3 Å². The molecule has 4 heteroatoms. The van der Waals surface area contributed by atoms with Crippen molar-refractivity contribution in [1.29, 1.82) is 0 Å². The van der Waals surface area contributed by atoms with Gasteiger partial charge in [0.25, 0.3) is 0 Å². The van der Waals surface area contributed by atoms with Crippen molar-refractivity contribution >= 4 is 5.69 Å². The van der Waals surface area contributed by atoms with Gasteiger partial charge >= 0.3 is 0 Å². The number of aryl methyl sites for hydroxylation is 1. The molecule has 0 radical (unpaired) electrons. The standard InChI is InChI=1S/C8H11NO.C2H6.2H2O/c1-6-3-4-7(9)8(5-6)10-2;1-2;;/h3-5H,9H2,1-2H3;1-2H3;2*1H2. The first-order chi connectivity index (χ1) is 5.74. The predicted molar refractivity (Wildman–Crippen MR) is 60.7 cm³/mol. The Bertz CT molecular complexity index is 239. The Morgan fingerprint density at radius 3 is 2.00 bits per heavy atom. The number of rotatable bonds is 1. The zero-order valence-corrected chi connectivity index (χ0v) is 9.22. The van der Waals surface area contributed by atoms with Crippen LogP contribution in [0.15, 0.2) is 18.2 Å². The first kappa shape index (κ1) is 18.5. The molecule has 0 aliphatic carbocycles. The molecule has 4 nitrogen and oxygen atoms in total. The topological polar surface area (TPSA) is 98.2 Å². The minimum Gasteiger partial charge on any atom is -0.495 e. The van der Waals surface area contributed by atoms with E-state index in [9.17, 15) is 0 Å². The van der Waals surface area contributed by atoms with Crippen LogP contribution in [-0.2, 0) is 0 Å². The summed E-state index contributed by atoms with van der Waals surface area (Å²) in [6, 6.07) is 5.71. The lowest BCUT2D eigenvalue weighted by Gasteiger charge is -2.03. The maximum absolute atomic E-state index is 5.57. The molecule has 0 unspecified atom stereocenters. The number of methoxy groups -OCH3 is 1. The van der Waals surface area contributed by atoms with Crippen molar-refractivity contribution in [2.45, 2.75) is 20.8 Å². The SMILES string of the molecule is CC.COc1cc(C)ccc1N.O.O. The van der Waals surface area contributed by atoms with Crippen LogP contribution in [0.5, 0.6) is 5.75 Å². The Hall–Kier alpha value is -1.26. The number of anilines is 1. The van der Waals surface area contributed by atoms with Crippen molar-refractivity contribution in [2.24, 2.45) is 0 Å². The molecule has 0 saturated heterocycles. The number of nitrogen functional groups attached to an aromatic ring is 1. The smallest absolute Gasteiger partial charge is 0.142 e. The van der Waals surface area contributed by atoms with Gasteiger partial charge in [-0.1, -0.05) is 19.9 Å². The van der Waals surface area contributed by atoms with E-state index in [1.807, 2.05) is 39.0 Å². The highest BCUT2D eigenvalue weighted by atomic mass is 16.5. The van der Waals surface area contributed by atoms with Crippen LogP contribution in [0.2, 0.25) is 0 Å². The Kier molecular flexibility index (Phi) is 13.0. The summed E-state index contributed by atoms with van der Waals surface area (Å²) < 4.78 is 5.00. The summed E-state index contributed by atoms with van der Waals surface area (Å²) in [7, 11) is 1.62. The molecule has 0 heterocycles. The molecule has 0 saturated carbocycles. The van der Waals surface area contributed by atoms with Crippen LogP contribution in [0.25, 0.3) is 0 Å². The van der Waals surface area contributed by atoms with Crippen LogP contribution in [0.3, 0.4) is 0 Å². The van der Waals surface area contributed by atoms with Crippen LogP contribution in [0.1, 0.15) is 19.4 Å². The maximum Gasteiger partial charge on any atom is 0.142 e. The van der Waals surface area contributed by atoms with Gasteiger partial charge < -0.3 is 21.4 Å². The second-order valence-corrected chi connectivity index (χ2v) is 2.25. The van der Waals surface area contributed by atoms with Crippen molar-refractivity contribution in [1.82, 2.24) is 0 Å². The summed E-state index contributed by atoms with van der Waals surface area (Å²) in [4.78, 5) is 0. The van der Waals surface area contributed by atoms with E-state index in [1.165, 1.54) is 0 Å². The summed E-state index contributed by atoms with van der Waals surface area (Å²) in [6.07, 6.45) is 0. The van der Waals surface area contributed by atoms with Crippen molar-refractivity contribution in [3.63, 3.8) is 0 Å². The van der Waals surface area contributed by atoms with Crippen molar-refractivity contribution in [3.05, 3.63) is 23.8 Å². The summed E-state index contributed by atoms with van der Waals surface area (Å²) >= 11 is 0. The van der Waals surface area contributed by atoms with Crippen molar-refractivity contribution in [3.8, 4) is 5.75 Å². The van der Waals surface area contributed by atoms with Crippen LogP contribution in [0.4, 0.5) is 5.69 Å². The predicted octanol–water partition coefficient (Wildman–Crippen LogP) is 0.963. The fourth-order valence-corrected chi connectivity index (χ4v) is 0.818. The quantitative estimate of drug-likeness (QED) is 0.687. The third kappa shape index (κ3) is 5.40. The Labute approximate surface area is 85.3 Å². The monoisotopic (exact) mass is 203 g/mol. The number of benzene rings is 1. The molecule has 0 aliphatic heterocycles. The summed E-state index contributed by atoms with van der Waals surface area (Å²) in [5.41, 5.74) is 7.42. The zero-order valence-electron chi connectivity index (χ0n) is 9.22. The van der Waals surface area contributed by atoms with Gasteiger partial charge in [-0.3, -0.25) is 0 Å². The highest BCUT2D eigenvalue weighted by Crippen LogP contribution is 2.21. The highest BCUT2D eigenvalue weighted by molar-refractivity contribution is 5.53. The van der Waals surface area contributed by atoms with Gasteiger partial charge in [-0.15, -0.1) is 0 Å². The zero-order chi connectivity index (χ0) is 9.56. The number of hydrogen-bond donors (Lipinski definition) is 1. The molecular formula is C10H21NO3. The highest BCUT2D eigenvalue weighted by Gasteiger charge is 1.95. The first-order valence-electron chi connectivity index (χ1n) is 4.14. The van der Waals surface area contributed by atoms with E-state index in [0.29, 0.717) is 5.69 Å². The number of hydrogen-bond acceptors (Lipinski definition) is 2. The maximum atomic E-state index is 5.57. The van der Waals surface area contributed by atoms with E-state index in [-0.39, 0.29) is 11.0 Å². The van der Waals surface area contributed by atoms with E-state index in [4.69, 9.17) is 10.5 Å². The molecule has 0 spiro atoms. The van der Waals surface area contributed by atoms with Gasteiger partial charge in [-0.2, -0.15) is 0 Å². The Morgan fingerprint density at radius 2 is 1.64 bits per heavy atom. The lowest BCUT2D eigenvalue weighted by atomic mass is 10.2. The largest absolute Gasteiger partial charge is 0.495 e. The van der Waals surface area contributed by atoms with E-state index in [2.05, 4.69) is 0 Å². The lowest BCUT2D eigenvalue weighted by molar-refractivity contribution is 0.416. The molecule has 1 aromatic rings. The normalized spacial score (nSPS) is 7.14. The average molecular weight is 203 g/mol. The molecule has 0 fully saturated rings. The molecule has 1 aromatic carbocycles. The molecule has 14 heavy (non-hydrogen) atoms. The van der Waals surface area contributed by atoms with Crippen LogP contribution >= 0.6 is 0 Å². The molecule has 0 atom stereocenters. The van der Waals surface area contributed by atoms with Gasteiger partial charge in [-0.05, 0) is 24.6 Å². The number of ether oxygens (including phenoxy) is 1. The molecule has 0 bridgehead atoms. The third-order valence-corrected chi connectivity index (χ3v) is 1.39. The van der Waals surface area contributed by atoms with Crippen molar-refractivity contribution < 1.29 is 15.7 Å². The minimum atomic E-state index is 0. The van der Waals surface area contributed by atoms with E-state index < -0.39 is 0 Å². The second-order valence-electron chi connectivity index (χ2n) is 2.25. The Balaban J connectivity index is -0.000000284. The summed E-state index contributed by atoms with van der Waals surface area (Å²) in [6.45, 7) is 6.00. The van der Waals surface area contributed by atoms with Crippen LogP contribution in [-0.4, -0.2) is 18.1 Å². The molecular weight excluding hydrogens is 182 g/mol. The van der Waals surface area contributed by atoms with Crippen LogP contribution < -0.4 is 10.5 Å². The second kappa shape index (κ2) is 9.83. The first-order valence-corrected chi connectivity index (χ1v) is 4.14. The van der Waals surface area contributed by atoms with E-state index in [1.54, 1.807) is 7.11 Å². The minimum absolute atomic E-state index is 0. The molecule has 0 aliphatic rings. The molecule has 0 aromatic heterocycles. The summed E-state index contributed by atoms with van der Waals surface area (Å²) in [5, 5.41) is 0. The fraction of sp³-hybridized carbons (Fsp3) is 0.400. The van der Waals surface area contributed by atoms with Gasteiger partial charge in [-0.25, -0.2) is 0 Å². The van der Waals surface area contributed by atoms with Gasteiger partial charge in [0, 0.05) is 0 Å². The van der Waals surface area contributed by atoms with Crippen molar-refractivity contribution in [2.75, 3.05) is 12.8 Å². The summed E-state index contributed by atoms with van der Waals surface area (Å²) in [5.74, 6) is 0.750. The molecule has 84 valence electrons. The van der Waals surface area contributed by atoms with Gasteiger partial charge in [0.15, 0.2) is 0 Å². The van der Waals surface area contributed by atoms with Crippen LogP contribution in [0, 0.1) is 6.92 Å². The van der Waals surface area contributed by atoms with E-state index >= 15 is 0 Å². The van der Waals surface area contributed by atoms with Gasteiger partial charge in [0.1, 0.15) is 5.75 Å². The van der Waals surface area contributed by atoms with Gasteiger partial charge in [0.2, 0.25) is 0 Å². The molecule has 1 rings (SSSR count). The third-order valence-electron chi connectivity index (χ3n) is 1.39.